The highest BCUT2D eigenvalue weighted by Crippen LogP contribution is 2.29. The van der Waals surface area contributed by atoms with Crippen molar-refractivity contribution < 1.29 is 14.3 Å². The molecule has 2 amide bonds. The summed E-state index contributed by atoms with van der Waals surface area (Å²) in [6.45, 7) is 2.42. The van der Waals surface area contributed by atoms with Gasteiger partial charge in [0, 0.05) is 12.1 Å². The zero-order valence-electron chi connectivity index (χ0n) is 10.1. The van der Waals surface area contributed by atoms with Crippen molar-refractivity contribution in [1.29, 1.82) is 0 Å². The van der Waals surface area contributed by atoms with Gasteiger partial charge in [-0.1, -0.05) is 18.2 Å². The standard InChI is InChI=1S/C13H14N2O3/c1-8-4-2-3-5-10(8)14-13(17)15-7-9-6-11(15)12(16)18-9/h2-5,9,11H,6-7H2,1H3,(H,14,17)/t9-,11+/m0/s1. The summed E-state index contributed by atoms with van der Waals surface area (Å²) in [4.78, 5) is 25.1. The molecule has 2 heterocycles. The first kappa shape index (κ1) is 11.1. The monoisotopic (exact) mass is 246 g/mol. The van der Waals surface area contributed by atoms with Crippen molar-refractivity contribution in [3.8, 4) is 0 Å². The van der Waals surface area contributed by atoms with Crippen LogP contribution in [0, 0.1) is 6.92 Å². The van der Waals surface area contributed by atoms with E-state index in [0.717, 1.165) is 11.3 Å². The average Bonchev–Trinajstić information content (AvgIpc) is 2.90. The number of ether oxygens (including phenoxy) is 1. The summed E-state index contributed by atoms with van der Waals surface area (Å²) in [5.41, 5.74) is 1.77. The Morgan fingerprint density at radius 3 is 2.89 bits per heavy atom. The molecule has 5 heteroatoms. The van der Waals surface area contributed by atoms with E-state index in [1.165, 1.54) is 0 Å². The number of likely N-dealkylation sites (tertiary alicyclic amines) is 1. The van der Waals surface area contributed by atoms with E-state index in [1.807, 2.05) is 31.2 Å². The van der Waals surface area contributed by atoms with Crippen molar-refractivity contribution >= 4 is 17.7 Å². The Hall–Kier alpha value is -2.04. The van der Waals surface area contributed by atoms with Gasteiger partial charge >= 0.3 is 12.0 Å². The van der Waals surface area contributed by atoms with Gasteiger partial charge in [-0.05, 0) is 18.6 Å². The SMILES string of the molecule is Cc1ccccc1NC(=O)N1C[C@@H]2C[C@@H]1C(=O)O2. The number of hydrogen-bond donors (Lipinski definition) is 1. The Morgan fingerprint density at radius 1 is 1.44 bits per heavy atom. The van der Waals surface area contributed by atoms with E-state index >= 15 is 0 Å². The van der Waals surface area contributed by atoms with E-state index in [-0.39, 0.29) is 18.1 Å². The van der Waals surface area contributed by atoms with Crippen molar-refractivity contribution in [2.24, 2.45) is 0 Å². The van der Waals surface area contributed by atoms with Crippen molar-refractivity contribution in [3.63, 3.8) is 0 Å². The predicted octanol–water partition coefficient (Wildman–Crippen LogP) is 1.53. The number of aryl methyl sites for hydroxylation is 1. The number of carbonyl (C=O) groups is 2. The first-order valence-corrected chi connectivity index (χ1v) is 5.99. The molecule has 2 aliphatic heterocycles. The van der Waals surface area contributed by atoms with Crippen molar-refractivity contribution in [1.82, 2.24) is 4.90 Å². The molecule has 0 radical (unpaired) electrons. The van der Waals surface area contributed by atoms with E-state index in [1.54, 1.807) is 4.90 Å². The number of para-hydroxylation sites is 1. The number of nitrogens with one attached hydrogen (secondary N) is 1. The highest BCUT2D eigenvalue weighted by atomic mass is 16.6. The first-order chi connectivity index (χ1) is 8.65. The van der Waals surface area contributed by atoms with Gasteiger partial charge in [-0.15, -0.1) is 0 Å². The lowest BCUT2D eigenvalue weighted by Gasteiger charge is -2.26. The van der Waals surface area contributed by atoms with Crippen molar-refractivity contribution in [2.45, 2.75) is 25.5 Å². The van der Waals surface area contributed by atoms with Gasteiger partial charge < -0.3 is 15.0 Å². The normalized spacial score (nSPS) is 25.2. The number of anilines is 1. The van der Waals surface area contributed by atoms with Crippen molar-refractivity contribution in [3.05, 3.63) is 29.8 Å². The van der Waals surface area contributed by atoms with Gasteiger partial charge in [0.05, 0.1) is 6.54 Å². The van der Waals surface area contributed by atoms with Crippen LogP contribution in [0.2, 0.25) is 0 Å². The maximum Gasteiger partial charge on any atom is 0.329 e. The van der Waals surface area contributed by atoms with Crippen molar-refractivity contribution in [2.75, 3.05) is 11.9 Å². The fraction of sp³-hybridized carbons (Fsp3) is 0.385. The van der Waals surface area contributed by atoms with Crippen LogP contribution < -0.4 is 5.32 Å². The highest BCUT2D eigenvalue weighted by Gasteiger charge is 2.48. The lowest BCUT2D eigenvalue weighted by atomic mass is 10.2. The smallest absolute Gasteiger partial charge is 0.329 e. The van der Waals surface area contributed by atoms with Gasteiger partial charge in [-0.25, -0.2) is 9.59 Å². The molecule has 5 nitrogen and oxygen atoms in total. The summed E-state index contributed by atoms with van der Waals surface area (Å²) in [7, 11) is 0. The Morgan fingerprint density at radius 2 is 2.22 bits per heavy atom. The van der Waals surface area contributed by atoms with E-state index in [0.29, 0.717) is 13.0 Å². The second kappa shape index (κ2) is 4.01. The number of rotatable bonds is 1. The lowest BCUT2D eigenvalue weighted by Crippen LogP contribution is -2.46. The van der Waals surface area contributed by atoms with Gasteiger partial charge in [-0.3, -0.25) is 0 Å². The molecule has 2 bridgehead atoms. The molecule has 0 spiro atoms. The summed E-state index contributed by atoms with van der Waals surface area (Å²) in [5, 5.41) is 2.84. The van der Waals surface area contributed by atoms with E-state index in [2.05, 4.69) is 5.32 Å². The molecule has 1 N–H and O–H groups in total. The second-order valence-corrected chi connectivity index (χ2v) is 4.71. The largest absolute Gasteiger partial charge is 0.459 e. The number of benzene rings is 1. The fourth-order valence-corrected chi connectivity index (χ4v) is 2.47. The van der Waals surface area contributed by atoms with Gasteiger partial charge in [0.2, 0.25) is 0 Å². The molecule has 0 unspecified atom stereocenters. The molecule has 2 atom stereocenters. The van der Waals surface area contributed by atoms with Crippen LogP contribution in [0.4, 0.5) is 10.5 Å². The van der Waals surface area contributed by atoms with Crippen LogP contribution in [0.25, 0.3) is 0 Å². The molecule has 2 aliphatic rings. The van der Waals surface area contributed by atoms with Crippen LogP contribution in [-0.2, 0) is 9.53 Å². The zero-order valence-corrected chi connectivity index (χ0v) is 10.1. The third kappa shape index (κ3) is 1.72. The number of morpholine rings is 1. The molecule has 0 aromatic heterocycles. The highest BCUT2D eigenvalue weighted by molar-refractivity contribution is 5.94. The Kier molecular flexibility index (Phi) is 2.47. The van der Waals surface area contributed by atoms with Crippen LogP contribution in [0.5, 0.6) is 0 Å². The molecule has 0 saturated carbocycles. The van der Waals surface area contributed by atoms with Crippen LogP contribution in [0.1, 0.15) is 12.0 Å². The molecule has 3 rings (SSSR count). The average molecular weight is 246 g/mol. The summed E-state index contributed by atoms with van der Waals surface area (Å²) in [5.74, 6) is -0.286. The third-order valence-electron chi connectivity index (χ3n) is 3.47. The Labute approximate surface area is 105 Å². The van der Waals surface area contributed by atoms with E-state index in [9.17, 15) is 9.59 Å². The molecular weight excluding hydrogens is 232 g/mol. The number of fused-ring (bicyclic) bond motifs is 2. The minimum Gasteiger partial charge on any atom is -0.459 e. The quantitative estimate of drug-likeness (QED) is 0.764. The third-order valence-corrected chi connectivity index (χ3v) is 3.47. The minimum absolute atomic E-state index is 0.120. The molecule has 1 aromatic rings. The molecule has 2 saturated heterocycles. The summed E-state index contributed by atoms with van der Waals surface area (Å²) >= 11 is 0. The summed E-state index contributed by atoms with van der Waals surface area (Å²) < 4.78 is 5.05. The van der Waals surface area contributed by atoms with Crippen LogP contribution in [0.15, 0.2) is 24.3 Å². The Bertz CT molecular complexity index is 515. The molecular formula is C13H14N2O3. The van der Waals surface area contributed by atoms with Crippen LogP contribution in [0.3, 0.4) is 0 Å². The van der Waals surface area contributed by atoms with E-state index < -0.39 is 6.04 Å². The lowest BCUT2D eigenvalue weighted by molar-refractivity contribution is -0.149. The van der Waals surface area contributed by atoms with Crippen LogP contribution >= 0.6 is 0 Å². The number of amides is 2. The maximum atomic E-state index is 12.1. The number of esters is 1. The van der Waals surface area contributed by atoms with Gasteiger partial charge in [0.15, 0.2) is 0 Å². The number of carbonyl (C=O) groups excluding carboxylic acids is 2. The topological polar surface area (TPSA) is 58.6 Å². The molecule has 94 valence electrons. The van der Waals surface area contributed by atoms with Gasteiger partial charge in [0.25, 0.3) is 0 Å². The minimum atomic E-state index is -0.404. The fourth-order valence-electron chi connectivity index (χ4n) is 2.47. The van der Waals surface area contributed by atoms with Gasteiger partial charge in [-0.2, -0.15) is 0 Å². The molecule has 0 aliphatic carbocycles. The van der Waals surface area contributed by atoms with E-state index in [4.69, 9.17) is 4.74 Å². The molecule has 18 heavy (non-hydrogen) atoms. The molecule has 2 fully saturated rings. The number of urea groups is 1. The number of hydrogen-bond acceptors (Lipinski definition) is 3. The maximum absolute atomic E-state index is 12.1. The Balaban J connectivity index is 1.73. The predicted molar refractivity (Wildman–Crippen MR) is 65.2 cm³/mol. The summed E-state index contributed by atoms with van der Waals surface area (Å²) in [6.07, 6.45) is 0.505. The number of nitrogens with zero attached hydrogens (tertiary/aromatic N) is 1. The first-order valence-electron chi connectivity index (χ1n) is 5.99. The van der Waals surface area contributed by atoms with Crippen LogP contribution in [-0.4, -0.2) is 35.6 Å². The zero-order chi connectivity index (χ0) is 12.7. The second-order valence-electron chi connectivity index (χ2n) is 4.71. The van der Waals surface area contributed by atoms with Gasteiger partial charge in [0.1, 0.15) is 12.1 Å². The summed E-state index contributed by atoms with van der Waals surface area (Å²) in [6, 6.07) is 6.93. The molecule has 1 aromatic carbocycles.